The molecule has 116 valence electrons. The van der Waals surface area contributed by atoms with Crippen LogP contribution in [0.25, 0.3) is 0 Å². The summed E-state index contributed by atoms with van der Waals surface area (Å²) >= 11 is 0. The molecular formula is C15H28NO4+. The van der Waals surface area contributed by atoms with Crippen molar-refractivity contribution < 1.29 is 23.9 Å². The highest BCUT2D eigenvalue weighted by Crippen LogP contribution is 2.07. The molecule has 0 rings (SSSR count). The topological polar surface area (TPSA) is 63.6 Å². The van der Waals surface area contributed by atoms with Crippen LogP contribution < -0.4 is 0 Å². The third-order valence-electron chi connectivity index (χ3n) is 2.63. The predicted molar refractivity (Wildman–Crippen MR) is 78.3 cm³/mol. The number of ether oxygens (including phenoxy) is 1. The van der Waals surface area contributed by atoms with Crippen molar-refractivity contribution in [2.45, 2.75) is 45.1 Å². The van der Waals surface area contributed by atoms with Crippen molar-refractivity contribution in [2.75, 3.05) is 27.7 Å². The molecule has 0 radical (unpaired) electrons. The van der Waals surface area contributed by atoms with E-state index in [-0.39, 0.29) is 18.8 Å². The lowest BCUT2D eigenvalue weighted by Crippen LogP contribution is -2.43. The van der Waals surface area contributed by atoms with Crippen molar-refractivity contribution in [3.63, 3.8) is 0 Å². The number of hydrogen-bond acceptors (Lipinski definition) is 3. The summed E-state index contributed by atoms with van der Waals surface area (Å²) in [6.07, 6.45) is 6.43. The van der Waals surface area contributed by atoms with E-state index in [4.69, 9.17) is 9.84 Å². The fourth-order valence-corrected chi connectivity index (χ4v) is 1.80. The molecule has 0 aliphatic rings. The number of carbonyl (C=O) groups excluding carboxylic acids is 1. The number of nitrogens with zero attached hydrogens (tertiary/aromatic N) is 1. The van der Waals surface area contributed by atoms with Crippen LogP contribution in [-0.2, 0) is 14.3 Å². The summed E-state index contributed by atoms with van der Waals surface area (Å²) in [7, 11) is 5.81. The molecule has 0 aliphatic carbocycles. The van der Waals surface area contributed by atoms with Crippen molar-refractivity contribution in [3.8, 4) is 0 Å². The van der Waals surface area contributed by atoms with Gasteiger partial charge in [-0.2, -0.15) is 0 Å². The summed E-state index contributed by atoms with van der Waals surface area (Å²) in [6.45, 7) is 2.60. The minimum atomic E-state index is -0.949. The number of likely N-dealkylation sites (N-methyl/N-ethyl adjacent to an activating group) is 1. The van der Waals surface area contributed by atoms with E-state index in [1.54, 1.807) is 6.08 Å². The Morgan fingerprint density at radius 3 is 2.40 bits per heavy atom. The first-order valence-electron chi connectivity index (χ1n) is 7.11. The van der Waals surface area contributed by atoms with Gasteiger partial charge in [-0.1, -0.05) is 31.9 Å². The summed E-state index contributed by atoms with van der Waals surface area (Å²) in [5.41, 5.74) is 0. The minimum absolute atomic E-state index is 0.152. The van der Waals surface area contributed by atoms with Gasteiger partial charge >= 0.3 is 11.9 Å². The number of carboxylic acids is 1. The van der Waals surface area contributed by atoms with Crippen molar-refractivity contribution in [1.29, 1.82) is 0 Å². The first-order valence-corrected chi connectivity index (χ1v) is 7.11. The first kappa shape index (κ1) is 18.6. The second-order valence-electron chi connectivity index (χ2n) is 6.00. The molecule has 0 aromatic rings. The lowest BCUT2D eigenvalue weighted by atomic mass is 10.2. The number of rotatable bonds is 10. The summed E-state index contributed by atoms with van der Waals surface area (Å²) < 4.78 is 5.81. The number of hydrogen-bond donors (Lipinski definition) is 1. The van der Waals surface area contributed by atoms with E-state index < -0.39 is 12.1 Å². The molecule has 1 unspecified atom stereocenters. The molecule has 0 aliphatic heterocycles. The Balaban J connectivity index is 4.24. The summed E-state index contributed by atoms with van der Waals surface area (Å²) in [5.74, 6) is -1.31. The van der Waals surface area contributed by atoms with E-state index >= 15 is 0 Å². The van der Waals surface area contributed by atoms with Gasteiger partial charge in [0.1, 0.15) is 6.54 Å². The molecule has 5 nitrogen and oxygen atoms in total. The number of quaternary nitrogens is 1. The first-order chi connectivity index (χ1) is 9.24. The molecule has 20 heavy (non-hydrogen) atoms. The molecule has 0 saturated carbocycles. The number of carbonyl (C=O) groups is 2. The second-order valence-corrected chi connectivity index (χ2v) is 6.00. The van der Waals surface area contributed by atoms with Gasteiger partial charge in [0.2, 0.25) is 0 Å². The zero-order valence-electron chi connectivity index (χ0n) is 13.1. The van der Waals surface area contributed by atoms with Gasteiger partial charge in [-0.3, -0.25) is 9.59 Å². The largest absolute Gasteiger partial charge is 0.481 e. The molecule has 0 heterocycles. The highest BCUT2D eigenvalue weighted by molar-refractivity contribution is 5.72. The Labute approximate surface area is 121 Å². The van der Waals surface area contributed by atoms with Crippen LogP contribution >= 0.6 is 0 Å². The van der Waals surface area contributed by atoms with Gasteiger partial charge in [-0.25, -0.2) is 0 Å². The number of carboxylic acid groups (broad SMARTS) is 1. The number of unbranched alkanes of at least 4 members (excludes halogenated alkanes) is 2. The van der Waals surface area contributed by atoms with E-state index in [0.29, 0.717) is 11.0 Å². The molecule has 0 bridgehead atoms. The van der Waals surface area contributed by atoms with Crippen molar-refractivity contribution >= 4 is 11.9 Å². The van der Waals surface area contributed by atoms with Gasteiger partial charge in [0.25, 0.3) is 0 Å². The maximum Gasteiger partial charge on any atom is 0.310 e. The predicted octanol–water partition coefficient (Wildman–Crippen LogP) is 2.22. The van der Waals surface area contributed by atoms with Gasteiger partial charge < -0.3 is 14.3 Å². The van der Waals surface area contributed by atoms with E-state index in [9.17, 15) is 9.59 Å². The molecule has 1 atom stereocenters. The maximum absolute atomic E-state index is 11.7. The van der Waals surface area contributed by atoms with E-state index in [2.05, 4.69) is 6.92 Å². The molecule has 0 spiro atoms. The number of allylic oxidation sites excluding steroid dienone is 1. The van der Waals surface area contributed by atoms with Gasteiger partial charge in [-0.05, 0) is 6.42 Å². The van der Waals surface area contributed by atoms with Crippen molar-refractivity contribution in [3.05, 3.63) is 12.2 Å². The Bertz CT molecular complexity index is 331. The third kappa shape index (κ3) is 11.7. The Kier molecular flexibility index (Phi) is 8.88. The van der Waals surface area contributed by atoms with Gasteiger partial charge in [0.15, 0.2) is 6.10 Å². The van der Waals surface area contributed by atoms with E-state index in [0.717, 1.165) is 19.3 Å². The molecule has 0 aromatic heterocycles. The van der Waals surface area contributed by atoms with E-state index in [1.807, 2.05) is 27.2 Å². The zero-order valence-corrected chi connectivity index (χ0v) is 13.1. The van der Waals surface area contributed by atoms with Crippen LogP contribution in [0.4, 0.5) is 0 Å². The van der Waals surface area contributed by atoms with Crippen LogP contribution in [0.3, 0.4) is 0 Å². The molecular weight excluding hydrogens is 258 g/mol. The standard InChI is InChI=1S/C15H27NO4/c1-5-6-7-8-9-10-15(19)20-13(11-14(17)18)12-16(2,3)4/h8-9,13H,5-7,10-12H2,1-4H3/p+1/b9-8+. The molecule has 0 amide bonds. The lowest BCUT2D eigenvalue weighted by molar-refractivity contribution is -0.873. The Morgan fingerprint density at radius 2 is 1.90 bits per heavy atom. The monoisotopic (exact) mass is 286 g/mol. The van der Waals surface area contributed by atoms with E-state index in [1.165, 1.54) is 0 Å². The minimum Gasteiger partial charge on any atom is -0.481 e. The van der Waals surface area contributed by atoms with Gasteiger partial charge in [-0.15, -0.1) is 0 Å². The van der Waals surface area contributed by atoms with Crippen LogP contribution in [0.1, 0.15) is 39.0 Å². The number of esters is 1. The fraction of sp³-hybridized carbons (Fsp3) is 0.733. The fourth-order valence-electron chi connectivity index (χ4n) is 1.80. The van der Waals surface area contributed by atoms with Crippen LogP contribution in [0.15, 0.2) is 12.2 Å². The average Bonchev–Trinajstić information content (AvgIpc) is 2.25. The maximum atomic E-state index is 11.7. The highest BCUT2D eigenvalue weighted by Gasteiger charge is 2.24. The summed E-state index contributed by atoms with van der Waals surface area (Å²) in [4.78, 5) is 22.5. The normalized spacial score (nSPS) is 13.4. The molecule has 0 saturated heterocycles. The second kappa shape index (κ2) is 9.53. The van der Waals surface area contributed by atoms with Crippen LogP contribution in [0.5, 0.6) is 0 Å². The third-order valence-corrected chi connectivity index (χ3v) is 2.63. The lowest BCUT2D eigenvalue weighted by Gasteiger charge is -2.28. The van der Waals surface area contributed by atoms with Crippen LogP contribution in [0, 0.1) is 0 Å². The van der Waals surface area contributed by atoms with Gasteiger partial charge in [0, 0.05) is 0 Å². The smallest absolute Gasteiger partial charge is 0.310 e. The molecule has 0 fully saturated rings. The van der Waals surface area contributed by atoms with Crippen LogP contribution in [-0.4, -0.2) is 55.3 Å². The average molecular weight is 286 g/mol. The Hall–Kier alpha value is -1.36. The summed E-state index contributed by atoms with van der Waals surface area (Å²) in [6, 6.07) is 0. The number of aliphatic carboxylic acids is 1. The quantitative estimate of drug-likeness (QED) is 0.289. The molecule has 5 heteroatoms. The Morgan fingerprint density at radius 1 is 1.25 bits per heavy atom. The molecule has 1 N–H and O–H groups in total. The van der Waals surface area contributed by atoms with Gasteiger partial charge in [0.05, 0.1) is 34.0 Å². The summed E-state index contributed by atoms with van der Waals surface area (Å²) in [5, 5.41) is 8.85. The zero-order chi connectivity index (χ0) is 15.6. The van der Waals surface area contributed by atoms with Crippen molar-refractivity contribution in [2.24, 2.45) is 0 Å². The van der Waals surface area contributed by atoms with Crippen molar-refractivity contribution in [1.82, 2.24) is 0 Å². The highest BCUT2D eigenvalue weighted by atomic mass is 16.5. The van der Waals surface area contributed by atoms with Crippen LogP contribution in [0.2, 0.25) is 0 Å². The molecule has 0 aromatic carbocycles. The SMILES string of the molecule is CCCC/C=C/CC(=O)OC(CC(=O)O)C[N+](C)(C)C.